The van der Waals surface area contributed by atoms with E-state index in [9.17, 15) is 19.7 Å². The van der Waals surface area contributed by atoms with E-state index in [1.807, 2.05) is 0 Å². The maximum Gasteiger partial charge on any atom is 0.433 e. The van der Waals surface area contributed by atoms with E-state index < -0.39 is 22.8 Å². The molecule has 9 nitrogen and oxygen atoms in total. The average Bonchev–Trinajstić information content (AvgIpc) is 3.33. The van der Waals surface area contributed by atoms with Gasteiger partial charge in [0.05, 0.1) is 18.9 Å². The Bertz CT molecular complexity index is 751. The summed E-state index contributed by atoms with van der Waals surface area (Å²) >= 11 is 0. The van der Waals surface area contributed by atoms with Gasteiger partial charge in [-0.25, -0.2) is 0 Å². The molecule has 2 aromatic rings. The Balaban J connectivity index is 1.66. The predicted molar refractivity (Wildman–Crippen MR) is 80.0 cm³/mol. The van der Waals surface area contributed by atoms with Crippen molar-refractivity contribution >= 4 is 17.7 Å². The first-order valence-electron chi connectivity index (χ1n) is 7.41. The minimum absolute atomic E-state index is 0.146. The zero-order chi connectivity index (χ0) is 17.1. The summed E-state index contributed by atoms with van der Waals surface area (Å²) in [7, 11) is 0. The number of nitrogens with zero attached hydrogens (tertiary/aromatic N) is 2. The van der Waals surface area contributed by atoms with Gasteiger partial charge in [-0.3, -0.25) is 19.7 Å². The number of hydrogen-bond acceptors (Lipinski definition) is 6. The van der Waals surface area contributed by atoms with Crippen LogP contribution in [0.3, 0.4) is 0 Å². The van der Waals surface area contributed by atoms with Gasteiger partial charge in [0.2, 0.25) is 5.91 Å². The maximum atomic E-state index is 12.4. The Morgan fingerprint density at radius 2 is 2.21 bits per heavy atom. The van der Waals surface area contributed by atoms with Gasteiger partial charge in [0, 0.05) is 6.54 Å². The highest BCUT2D eigenvalue weighted by atomic mass is 16.6. The van der Waals surface area contributed by atoms with Gasteiger partial charge in [0.15, 0.2) is 5.76 Å². The summed E-state index contributed by atoms with van der Waals surface area (Å²) in [4.78, 5) is 36.1. The van der Waals surface area contributed by atoms with Crippen molar-refractivity contribution in [2.45, 2.75) is 25.4 Å². The molecule has 1 unspecified atom stereocenters. The standard InChI is InChI=1S/C15H15N3O6/c19-14(16-9-10-3-2-8-23-10)11-4-1-7-17(11)15(20)12-5-6-13(24-12)18(21)22/h2-3,5-6,8,11H,1,4,7,9H2,(H,16,19). The molecule has 3 heterocycles. The molecule has 9 heteroatoms. The van der Waals surface area contributed by atoms with Crippen molar-refractivity contribution in [3.05, 3.63) is 52.2 Å². The molecule has 1 atom stereocenters. The van der Waals surface area contributed by atoms with Gasteiger partial charge in [-0.05, 0) is 31.0 Å². The summed E-state index contributed by atoms with van der Waals surface area (Å²) in [5.41, 5.74) is 0. The number of rotatable bonds is 5. The Labute approximate surface area is 136 Å². The first-order chi connectivity index (χ1) is 11.6. The van der Waals surface area contributed by atoms with E-state index >= 15 is 0 Å². The van der Waals surface area contributed by atoms with Gasteiger partial charge in [-0.2, -0.15) is 0 Å². The van der Waals surface area contributed by atoms with Crippen LogP contribution in [-0.4, -0.2) is 34.2 Å². The average molecular weight is 333 g/mol. The van der Waals surface area contributed by atoms with Crippen LogP contribution in [0.4, 0.5) is 5.88 Å². The number of hydrogen-bond donors (Lipinski definition) is 1. The topological polar surface area (TPSA) is 119 Å². The SMILES string of the molecule is O=C(NCc1ccco1)C1CCCN1C(=O)c1ccc([N+](=O)[O-])o1. The highest BCUT2D eigenvalue weighted by molar-refractivity contribution is 5.96. The first-order valence-corrected chi connectivity index (χ1v) is 7.41. The van der Waals surface area contributed by atoms with Crippen LogP contribution in [0.1, 0.15) is 29.2 Å². The van der Waals surface area contributed by atoms with Crippen LogP contribution in [-0.2, 0) is 11.3 Å². The Kier molecular flexibility index (Phi) is 4.32. The van der Waals surface area contributed by atoms with Crippen molar-refractivity contribution in [2.24, 2.45) is 0 Å². The second kappa shape index (κ2) is 6.57. The predicted octanol–water partition coefficient (Wildman–Crippen LogP) is 1.70. The molecule has 2 amide bonds. The molecule has 1 aliphatic rings. The third-order valence-corrected chi connectivity index (χ3v) is 3.82. The quantitative estimate of drug-likeness (QED) is 0.657. The van der Waals surface area contributed by atoms with Gasteiger partial charge < -0.3 is 19.1 Å². The lowest BCUT2D eigenvalue weighted by Crippen LogP contribution is -2.45. The van der Waals surface area contributed by atoms with E-state index in [-0.39, 0.29) is 18.2 Å². The highest BCUT2D eigenvalue weighted by Crippen LogP contribution is 2.23. The summed E-state index contributed by atoms with van der Waals surface area (Å²) in [6.07, 6.45) is 2.71. The van der Waals surface area contributed by atoms with Crippen molar-refractivity contribution in [3.63, 3.8) is 0 Å². The van der Waals surface area contributed by atoms with Gasteiger partial charge in [-0.15, -0.1) is 0 Å². The molecule has 24 heavy (non-hydrogen) atoms. The molecular weight excluding hydrogens is 318 g/mol. The van der Waals surface area contributed by atoms with Gasteiger partial charge in [0.1, 0.15) is 16.7 Å². The van der Waals surface area contributed by atoms with Crippen LogP contribution in [0, 0.1) is 10.1 Å². The van der Waals surface area contributed by atoms with E-state index in [2.05, 4.69) is 5.32 Å². The fourth-order valence-corrected chi connectivity index (χ4v) is 2.67. The number of nitro groups is 1. The second-order valence-corrected chi connectivity index (χ2v) is 5.35. The Morgan fingerprint density at radius 1 is 1.38 bits per heavy atom. The first kappa shape index (κ1) is 15.8. The largest absolute Gasteiger partial charge is 0.467 e. The van der Waals surface area contributed by atoms with E-state index in [1.165, 1.54) is 17.2 Å². The lowest BCUT2D eigenvalue weighted by atomic mass is 10.2. The van der Waals surface area contributed by atoms with Crippen molar-refractivity contribution in [1.82, 2.24) is 10.2 Å². The molecule has 0 radical (unpaired) electrons. The molecule has 0 aromatic carbocycles. The molecule has 1 fully saturated rings. The maximum absolute atomic E-state index is 12.4. The fourth-order valence-electron chi connectivity index (χ4n) is 2.67. The Morgan fingerprint density at radius 3 is 2.88 bits per heavy atom. The zero-order valence-corrected chi connectivity index (χ0v) is 12.6. The number of amides is 2. The molecular formula is C15H15N3O6. The molecule has 0 saturated carbocycles. The van der Waals surface area contributed by atoms with Gasteiger partial charge in [0.25, 0.3) is 5.91 Å². The van der Waals surface area contributed by atoms with E-state index in [0.29, 0.717) is 25.1 Å². The summed E-state index contributed by atoms with van der Waals surface area (Å²) in [5.74, 6) is -0.860. The van der Waals surface area contributed by atoms with Crippen LogP contribution in [0.5, 0.6) is 0 Å². The van der Waals surface area contributed by atoms with Crippen LogP contribution in [0.2, 0.25) is 0 Å². The summed E-state index contributed by atoms with van der Waals surface area (Å²) in [5, 5.41) is 13.4. The van der Waals surface area contributed by atoms with E-state index in [1.54, 1.807) is 12.1 Å². The molecule has 3 rings (SSSR count). The van der Waals surface area contributed by atoms with Crippen LogP contribution in [0.25, 0.3) is 0 Å². The van der Waals surface area contributed by atoms with Crippen LogP contribution >= 0.6 is 0 Å². The molecule has 0 aliphatic carbocycles. The summed E-state index contributed by atoms with van der Waals surface area (Å²) < 4.78 is 10.1. The van der Waals surface area contributed by atoms with Gasteiger partial charge in [-0.1, -0.05) is 0 Å². The number of likely N-dealkylation sites (tertiary alicyclic amines) is 1. The molecule has 1 aliphatic heterocycles. The Hall–Kier alpha value is -3.10. The van der Waals surface area contributed by atoms with Gasteiger partial charge >= 0.3 is 5.88 Å². The molecule has 2 aromatic heterocycles. The van der Waals surface area contributed by atoms with Crippen LogP contribution in [0.15, 0.2) is 39.4 Å². The lowest BCUT2D eigenvalue weighted by Gasteiger charge is -2.22. The normalized spacial score (nSPS) is 17.0. The fraction of sp³-hybridized carbons (Fsp3) is 0.333. The third-order valence-electron chi connectivity index (χ3n) is 3.82. The molecule has 1 N–H and O–H groups in total. The third kappa shape index (κ3) is 3.14. The minimum Gasteiger partial charge on any atom is -0.467 e. The lowest BCUT2D eigenvalue weighted by molar-refractivity contribution is -0.402. The number of furan rings is 2. The number of carbonyl (C=O) groups excluding carboxylic acids is 2. The molecule has 0 spiro atoms. The van der Waals surface area contributed by atoms with Crippen LogP contribution < -0.4 is 5.32 Å². The number of nitrogens with one attached hydrogen (secondary N) is 1. The van der Waals surface area contributed by atoms with E-state index in [4.69, 9.17) is 8.83 Å². The second-order valence-electron chi connectivity index (χ2n) is 5.35. The van der Waals surface area contributed by atoms with Crippen molar-refractivity contribution in [3.8, 4) is 0 Å². The summed E-state index contributed by atoms with van der Waals surface area (Å²) in [6, 6.07) is 5.19. The minimum atomic E-state index is -0.714. The van der Waals surface area contributed by atoms with Crippen molar-refractivity contribution < 1.29 is 23.3 Å². The summed E-state index contributed by atoms with van der Waals surface area (Å²) in [6.45, 7) is 0.628. The molecule has 0 bridgehead atoms. The van der Waals surface area contributed by atoms with E-state index in [0.717, 1.165) is 6.07 Å². The van der Waals surface area contributed by atoms with Crippen molar-refractivity contribution in [2.75, 3.05) is 6.54 Å². The monoisotopic (exact) mass is 333 g/mol. The molecule has 126 valence electrons. The smallest absolute Gasteiger partial charge is 0.433 e. The zero-order valence-electron chi connectivity index (χ0n) is 12.6. The molecule has 1 saturated heterocycles. The number of carbonyl (C=O) groups is 2. The highest BCUT2D eigenvalue weighted by Gasteiger charge is 2.36. The van der Waals surface area contributed by atoms with Crippen molar-refractivity contribution in [1.29, 1.82) is 0 Å².